The van der Waals surface area contributed by atoms with E-state index in [-0.39, 0.29) is 30.3 Å². The van der Waals surface area contributed by atoms with Gasteiger partial charge in [0.15, 0.2) is 0 Å². The van der Waals surface area contributed by atoms with Crippen LogP contribution in [0.5, 0.6) is 0 Å². The molecule has 0 aromatic heterocycles. The molecule has 1 N–H and O–H groups in total. The molecule has 7 nitrogen and oxygen atoms in total. The number of aliphatic hydroxyl groups is 1. The lowest BCUT2D eigenvalue weighted by Crippen LogP contribution is -2.47. The number of carbonyl (C=O) groups excluding carboxylic acids is 1. The molecule has 1 fully saturated rings. The molecule has 1 aromatic carbocycles. The van der Waals surface area contributed by atoms with E-state index in [1.54, 1.807) is 0 Å². The number of rotatable bonds is 3. The van der Waals surface area contributed by atoms with Gasteiger partial charge in [-0.3, -0.25) is 14.9 Å². The Kier molecular flexibility index (Phi) is 4.69. The third kappa shape index (κ3) is 3.14. The molecule has 20 heavy (non-hydrogen) atoms. The number of hydrogen-bond donors (Lipinski definition) is 1. The molecule has 0 radical (unpaired) electrons. The van der Waals surface area contributed by atoms with Crippen LogP contribution in [0.25, 0.3) is 0 Å². The Balaban J connectivity index is 2.24. The van der Waals surface area contributed by atoms with Crippen molar-refractivity contribution in [3.8, 4) is 0 Å². The second-order valence-corrected chi connectivity index (χ2v) is 5.20. The van der Waals surface area contributed by atoms with Crippen molar-refractivity contribution in [1.29, 1.82) is 0 Å². The summed E-state index contributed by atoms with van der Waals surface area (Å²) < 4.78 is 5.77. The zero-order valence-corrected chi connectivity index (χ0v) is 12.1. The van der Waals surface area contributed by atoms with Crippen LogP contribution in [-0.2, 0) is 4.74 Å². The van der Waals surface area contributed by atoms with Crippen LogP contribution >= 0.6 is 15.9 Å². The van der Waals surface area contributed by atoms with Crippen molar-refractivity contribution >= 4 is 27.5 Å². The van der Waals surface area contributed by atoms with Gasteiger partial charge in [0, 0.05) is 29.7 Å². The van der Waals surface area contributed by atoms with Crippen molar-refractivity contribution in [3.05, 3.63) is 38.3 Å². The first kappa shape index (κ1) is 14.9. The lowest BCUT2D eigenvalue weighted by Gasteiger charge is -2.32. The molecule has 0 bridgehead atoms. The molecule has 1 atom stereocenters. The van der Waals surface area contributed by atoms with Gasteiger partial charge < -0.3 is 14.7 Å². The van der Waals surface area contributed by atoms with Crippen LogP contribution in [0.3, 0.4) is 0 Å². The van der Waals surface area contributed by atoms with E-state index in [9.17, 15) is 14.9 Å². The molecule has 8 heteroatoms. The number of carbonyl (C=O) groups is 1. The maximum absolute atomic E-state index is 12.4. The number of nitro benzene ring substituents is 1. The van der Waals surface area contributed by atoms with Gasteiger partial charge in [0.25, 0.3) is 11.6 Å². The van der Waals surface area contributed by atoms with E-state index in [2.05, 4.69) is 15.9 Å². The van der Waals surface area contributed by atoms with Gasteiger partial charge in [0.05, 0.1) is 29.8 Å². The minimum absolute atomic E-state index is 0.136. The number of benzene rings is 1. The van der Waals surface area contributed by atoms with Crippen LogP contribution in [0.2, 0.25) is 0 Å². The average molecular weight is 345 g/mol. The minimum atomic E-state index is -0.543. The Morgan fingerprint density at radius 3 is 3.00 bits per heavy atom. The highest BCUT2D eigenvalue weighted by Gasteiger charge is 2.26. The molecule has 1 unspecified atom stereocenters. The monoisotopic (exact) mass is 344 g/mol. The van der Waals surface area contributed by atoms with E-state index in [1.165, 1.54) is 23.1 Å². The third-order valence-electron chi connectivity index (χ3n) is 3.02. The molecule has 1 aliphatic heterocycles. The topological polar surface area (TPSA) is 92.9 Å². The average Bonchev–Trinajstić information content (AvgIpc) is 2.46. The van der Waals surface area contributed by atoms with Gasteiger partial charge in [-0.25, -0.2) is 0 Å². The zero-order chi connectivity index (χ0) is 14.7. The van der Waals surface area contributed by atoms with Crippen molar-refractivity contribution in [2.24, 2.45) is 0 Å². The fourth-order valence-corrected chi connectivity index (χ4v) is 2.39. The van der Waals surface area contributed by atoms with Crippen LogP contribution < -0.4 is 0 Å². The van der Waals surface area contributed by atoms with E-state index in [0.29, 0.717) is 17.6 Å². The number of ether oxygens (including phenoxy) is 1. The molecule has 0 spiro atoms. The predicted molar refractivity (Wildman–Crippen MR) is 73.5 cm³/mol. The fraction of sp³-hybridized carbons (Fsp3) is 0.417. The molecule has 0 saturated carbocycles. The van der Waals surface area contributed by atoms with Gasteiger partial charge in [-0.05, 0) is 22.0 Å². The summed E-state index contributed by atoms with van der Waals surface area (Å²) >= 11 is 3.23. The summed E-state index contributed by atoms with van der Waals surface area (Å²) in [6.45, 7) is 0.832. The first-order valence-corrected chi connectivity index (χ1v) is 6.78. The normalized spacial score (nSPS) is 18.9. The number of non-ortho nitro benzene ring substituents is 1. The highest BCUT2D eigenvalue weighted by Crippen LogP contribution is 2.24. The number of amides is 1. The van der Waals surface area contributed by atoms with Crippen LogP contribution in [0.1, 0.15) is 10.4 Å². The van der Waals surface area contributed by atoms with Gasteiger partial charge in [0.1, 0.15) is 0 Å². The lowest BCUT2D eigenvalue weighted by atomic mass is 10.1. The predicted octanol–water partition coefficient (Wildman–Crippen LogP) is 1.19. The van der Waals surface area contributed by atoms with Crippen LogP contribution in [-0.4, -0.2) is 53.2 Å². The van der Waals surface area contributed by atoms with Crippen molar-refractivity contribution in [2.45, 2.75) is 6.10 Å². The Labute approximate surface area is 123 Å². The molecule has 2 rings (SSSR count). The summed E-state index contributed by atoms with van der Waals surface area (Å²) in [6, 6.07) is 4.06. The van der Waals surface area contributed by atoms with Crippen LogP contribution in [0.4, 0.5) is 5.69 Å². The molecule has 1 amide bonds. The number of nitro groups is 1. The fourth-order valence-electron chi connectivity index (χ4n) is 1.98. The summed E-state index contributed by atoms with van der Waals surface area (Å²) in [5, 5.41) is 19.8. The van der Waals surface area contributed by atoms with Gasteiger partial charge in [0.2, 0.25) is 0 Å². The SMILES string of the molecule is O=C(c1cc([N+](=O)[O-])ccc1Br)N1CCOC(CO)C1. The molecule has 0 aliphatic carbocycles. The second-order valence-electron chi connectivity index (χ2n) is 4.35. The maximum atomic E-state index is 12.4. The Morgan fingerprint density at radius 1 is 1.60 bits per heavy atom. The van der Waals surface area contributed by atoms with E-state index in [0.717, 1.165) is 0 Å². The number of halogens is 1. The molecule has 108 valence electrons. The van der Waals surface area contributed by atoms with E-state index >= 15 is 0 Å². The molecule has 1 aromatic rings. The first-order chi connectivity index (χ1) is 9.52. The van der Waals surface area contributed by atoms with Gasteiger partial charge >= 0.3 is 0 Å². The van der Waals surface area contributed by atoms with Crippen molar-refractivity contribution < 1.29 is 19.6 Å². The third-order valence-corrected chi connectivity index (χ3v) is 3.71. The highest BCUT2D eigenvalue weighted by atomic mass is 79.9. The van der Waals surface area contributed by atoms with Gasteiger partial charge in [-0.2, -0.15) is 0 Å². The Morgan fingerprint density at radius 2 is 2.35 bits per heavy atom. The molecule has 1 saturated heterocycles. The quantitative estimate of drug-likeness (QED) is 0.656. The number of hydrogen-bond acceptors (Lipinski definition) is 5. The highest BCUT2D eigenvalue weighted by molar-refractivity contribution is 9.10. The summed E-state index contributed by atoms with van der Waals surface area (Å²) in [5.41, 5.74) is 0.0984. The zero-order valence-electron chi connectivity index (χ0n) is 10.5. The molecular weight excluding hydrogens is 332 g/mol. The van der Waals surface area contributed by atoms with Crippen molar-refractivity contribution in [1.82, 2.24) is 4.90 Å². The van der Waals surface area contributed by atoms with E-state index in [4.69, 9.17) is 9.84 Å². The van der Waals surface area contributed by atoms with Crippen LogP contribution in [0.15, 0.2) is 22.7 Å². The lowest BCUT2D eigenvalue weighted by molar-refractivity contribution is -0.384. The van der Waals surface area contributed by atoms with Crippen molar-refractivity contribution in [2.75, 3.05) is 26.3 Å². The minimum Gasteiger partial charge on any atom is -0.394 e. The molecular formula is C12H13BrN2O5. The summed E-state index contributed by atoms with van der Waals surface area (Å²) in [5.74, 6) is -0.317. The standard InChI is InChI=1S/C12H13BrN2O5/c13-11-2-1-8(15(18)19)5-10(11)12(17)14-3-4-20-9(6-14)7-16/h1-2,5,9,16H,3-4,6-7H2. The smallest absolute Gasteiger partial charge is 0.270 e. The number of morpholine rings is 1. The summed E-state index contributed by atoms with van der Waals surface area (Å²) in [6.07, 6.45) is -0.412. The summed E-state index contributed by atoms with van der Waals surface area (Å²) in [4.78, 5) is 24.1. The Bertz CT molecular complexity index is 537. The van der Waals surface area contributed by atoms with Gasteiger partial charge in [-0.15, -0.1) is 0 Å². The van der Waals surface area contributed by atoms with Crippen LogP contribution in [0, 0.1) is 10.1 Å². The van der Waals surface area contributed by atoms with E-state index in [1.807, 2.05) is 0 Å². The maximum Gasteiger partial charge on any atom is 0.270 e. The first-order valence-electron chi connectivity index (χ1n) is 5.98. The summed E-state index contributed by atoms with van der Waals surface area (Å²) in [7, 11) is 0. The van der Waals surface area contributed by atoms with Crippen molar-refractivity contribution in [3.63, 3.8) is 0 Å². The number of aliphatic hydroxyl groups excluding tert-OH is 1. The molecule has 1 heterocycles. The Hall–Kier alpha value is -1.51. The largest absolute Gasteiger partial charge is 0.394 e. The number of nitrogens with zero attached hydrogens (tertiary/aromatic N) is 2. The van der Waals surface area contributed by atoms with Gasteiger partial charge in [-0.1, -0.05) is 0 Å². The van der Waals surface area contributed by atoms with E-state index < -0.39 is 11.0 Å². The molecule has 1 aliphatic rings. The second kappa shape index (κ2) is 6.29.